The summed E-state index contributed by atoms with van der Waals surface area (Å²) in [6.45, 7) is 0. The number of hydrogen-bond acceptors (Lipinski definition) is 5. The van der Waals surface area contributed by atoms with Gasteiger partial charge in [-0.2, -0.15) is 0 Å². The van der Waals surface area contributed by atoms with Crippen LogP contribution in [0.3, 0.4) is 0 Å². The molecule has 2 N–H and O–H groups in total. The van der Waals surface area contributed by atoms with Gasteiger partial charge in [0, 0.05) is 0 Å². The van der Waals surface area contributed by atoms with Crippen LogP contribution in [0.4, 0.5) is 0 Å². The Kier molecular flexibility index (Phi) is 1.84. The highest BCUT2D eigenvalue weighted by atomic mass is 16.2. The average molecular weight is 170 g/mol. The minimum Gasteiger partial charge on any atom is -0.257 e. The van der Waals surface area contributed by atoms with Gasteiger partial charge in [0.2, 0.25) is 0 Å². The summed E-state index contributed by atoms with van der Waals surface area (Å²) in [5.74, 6) is 0. The van der Waals surface area contributed by atoms with E-state index in [-0.39, 0.29) is 4.68 Å². The molecular weight excluding hydrogens is 168 g/mol. The molecule has 0 radical (unpaired) electrons. The number of isocyanates is 1. The molecule has 62 valence electrons. The van der Waals surface area contributed by atoms with Crippen LogP contribution in [0.25, 0.3) is 0 Å². The number of H-pyrrole nitrogens is 2. The van der Waals surface area contributed by atoms with E-state index in [4.69, 9.17) is 0 Å². The zero-order valence-electron chi connectivity index (χ0n) is 5.53. The molecule has 0 unspecified atom stereocenters. The molecule has 0 saturated heterocycles. The van der Waals surface area contributed by atoms with E-state index in [9.17, 15) is 19.2 Å². The molecule has 0 fully saturated rings. The second kappa shape index (κ2) is 2.81. The van der Waals surface area contributed by atoms with Gasteiger partial charge >= 0.3 is 17.1 Å². The minimum atomic E-state index is -1.09. The zero-order chi connectivity index (χ0) is 9.14. The fraction of sp³-hybridized carbons (Fsp3) is 0. The summed E-state index contributed by atoms with van der Waals surface area (Å²) in [7, 11) is 0. The highest BCUT2D eigenvalue weighted by Gasteiger charge is 1.98. The number of hydrogen-bond donors (Lipinski definition) is 2. The van der Waals surface area contributed by atoms with Gasteiger partial charge in [-0.05, 0) is 0 Å². The van der Waals surface area contributed by atoms with Gasteiger partial charge in [0.1, 0.15) is 0 Å². The first kappa shape index (κ1) is 7.89. The summed E-state index contributed by atoms with van der Waals surface area (Å²) < 4.78 is 0.147. The fourth-order valence-corrected chi connectivity index (χ4v) is 0.555. The molecule has 12 heavy (non-hydrogen) atoms. The predicted molar refractivity (Wildman–Crippen MR) is 35.5 cm³/mol. The van der Waals surface area contributed by atoms with Crippen molar-refractivity contribution in [1.29, 1.82) is 0 Å². The van der Waals surface area contributed by atoms with E-state index in [2.05, 4.69) is 5.10 Å². The van der Waals surface area contributed by atoms with Gasteiger partial charge < -0.3 is 0 Å². The number of nitrogens with zero attached hydrogens (tertiary/aromatic N) is 2. The first-order valence-corrected chi connectivity index (χ1v) is 2.69. The lowest BCUT2D eigenvalue weighted by Crippen LogP contribution is -2.41. The van der Waals surface area contributed by atoms with Gasteiger partial charge in [-0.15, -0.1) is 4.68 Å². The lowest BCUT2D eigenvalue weighted by Gasteiger charge is -1.88. The molecule has 8 nitrogen and oxygen atoms in total. The molecule has 0 aliphatic heterocycles. The molecule has 0 amide bonds. The van der Waals surface area contributed by atoms with Crippen molar-refractivity contribution in [3.63, 3.8) is 0 Å². The van der Waals surface area contributed by atoms with Gasteiger partial charge in [0.15, 0.2) is 0 Å². The second-order valence-corrected chi connectivity index (χ2v) is 1.69. The summed E-state index contributed by atoms with van der Waals surface area (Å²) in [4.78, 5) is 44.8. The van der Waals surface area contributed by atoms with Crippen molar-refractivity contribution < 1.29 is 4.79 Å². The Balaban J connectivity index is 3.72. The van der Waals surface area contributed by atoms with Crippen LogP contribution in [-0.4, -0.2) is 20.7 Å². The second-order valence-electron chi connectivity index (χ2n) is 1.69. The number of carbonyl (C=O) groups excluding carboxylic acids is 1. The van der Waals surface area contributed by atoms with Crippen molar-refractivity contribution in [2.75, 3.05) is 0 Å². The molecule has 0 bridgehead atoms. The molecule has 8 heteroatoms. The van der Waals surface area contributed by atoms with Crippen molar-refractivity contribution in [2.24, 2.45) is 5.10 Å². The molecule has 0 saturated carbocycles. The van der Waals surface area contributed by atoms with Gasteiger partial charge in [-0.3, -0.25) is 9.97 Å². The Morgan fingerprint density at radius 3 is 2.08 bits per heavy atom. The standard InChI is InChI=1S/C4H2N4O4/c9-1-5-8-3(11)6-2(10)7-4(8)12/h(H2,6,7,10,11,12). The van der Waals surface area contributed by atoms with Crippen molar-refractivity contribution in [2.45, 2.75) is 0 Å². The van der Waals surface area contributed by atoms with Gasteiger partial charge in [-0.1, -0.05) is 5.10 Å². The van der Waals surface area contributed by atoms with Gasteiger partial charge in [-0.25, -0.2) is 19.2 Å². The van der Waals surface area contributed by atoms with Gasteiger partial charge in [0.05, 0.1) is 0 Å². The van der Waals surface area contributed by atoms with E-state index in [0.717, 1.165) is 6.08 Å². The number of rotatable bonds is 1. The first-order valence-electron chi connectivity index (χ1n) is 2.69. The third kappa shape index (κ3) is 1.27. The highest BCUT2D eigenvalue weighted by molar-refractivity contribution is 5.32. The largest absolute Gasteiger partial charge is 0.355 e. The maximum absolute atomic E-state index is 10.7. The Labute approximate surface area is 63.2 Å². The monoisotopic (exact) mass is 170 g/mol. The average Bonchev–Trinajstić information content (AvgIpc) is 1.96. The Morgan fingerprint density at radius 2 is 1.67 bits per heavy atom. The molecule has 1 rings (SSSR count). The topological polar surface area (TPSA) is 117 Å². The van der Waals surface area contributed by atoms with Crippen molar-refractivity contribution in [3.8, 4) is 0 Å². The fourth-order valence-electron chi connectivity index (χ4n) is 0.555. The van der Waals surface area contributed by atoms with E-state index in [0.29, 0.717) is 0 Å². The summed E-state index contributed by atoms with van der Waals surface area (Å²) >= 11 is 0. The Bertz CT molecular complexity index is 465. The van der Waals surface area contributed by atoms with Crippen LogP contribution in [-0.2, 0) is 4.79 Å². The van der Waals surface area contributed by atoms with Crippen LogP contribution in [0.2, 0.25) is 0 Å². The maximum Gasteiger partial charge on any atom is 0.355 e. The van der Waals surface area contributed by atoms with E-state index < -0.39 is 17.1 Å². The van der Waals surface area contributed by atoms with Gasteiger partial charge in [0.25, 0.3) is 6.08 Å². The quantitative estimate of drug-likeness (QED) is 0.352. The van der Waals surface area contributed by atoms with E-state index in [1.165, 1.54) is 0 Å². The predicted octanol–water partition coefficient (Wildman–Crippen LogP) is -2.68. The number of aromatic nitrogens is 3. The van der Waals surface area contributed by atoms with Crippen LogP contribution < -0.4 is 17.1 Å². The van der Waals surface area contributed by atoms with Crippen molar-refractivity contribution in [1.82, 2.24) is 14.6 Å². The molecule has 0 atom stereocenters. The third-order valence-electron chi connectivity index (χ3n) is 0.966. The van der Waals surface area contributed by atoms with Crippen molar-refractivity contribution >= 4 is 6.08 Å². The summed E-state index contributed by atoms with van der Waals surface area (Å²) in [6, 6.07) is 0. The lowest BCUT2D eigenvalue weighted by atomic mass is 11.0. The zero-order valence-corrected chi connectivity index (χ0v) is 5.53. The van der Waals surface area contributed by atoms with E-state index in [1.54, 1.807) is 9.97 Å². The van der Waals surface area contributed by atoms with Crippen LogP contribution in [0.5, 0.6) is 0 Å². The summed E-state index contributed by atoms with van der Waals surface area (Å²) in [5, 5.41) is 2.73. The van der Waals surface area contributed by atoms with Crippen LogP contribution in [0.15, 0.2) is 19.5 Å². The normalized spacial score (nSPS) is 9.00. The molecule has 1 aromatic rings. The Morgan fingerprint density at radius 1 is 1.17 bits per heavy atom. The van der Waals surface area contributed by atoms with Crippen molar-refractivity contribution in [3.05, 3.63) is 31.5 Å². The summed E-state index contributed by atoms with van der Waals surface area (Å²) in [5.41, 5.74) is -3.14. The van der Waals surface area contributed by atoms with E-state index in [1.807, 2.05) is 0 Å². The lowest BCUT2D eigenvalue weighted by molar-refractivity contribution is 0.555. The highest BCUT2D eigenvalue weighted by Crippen LogP contribution is 1.56. The molecule has 0 aromatic carbocycles. The van der Waals surface area contributed by atoms with Crippen LogP contribution in [0, 0.1) is 0 Å². The third-order valence-corrected chi connectivity index (χ3v) is 0.966. The minimum absolute atomic E-state index is 0.147. The smallest absolute Gasteiger partial charge is 0.257 e. The SMILES string of the molecule is O=C=Nn1c(=O)[nH]c(=O)[nH]c1=O. The number of aromatic amines is 2. The van der Waals surface area contributed by atoms with E-state index >= 15 is 0 Å². The molecule has 0 aliphatic rings. The number of nitrogens with one attached hydrogen (secondary N) is 2. The molecular formula is C4H2N4O4. The van der Waals surface area contributed by atoms with Crippen LogP contribution >= 0.6 is 0 Å². The molecule has 0 aliphatic carbocycles. The molecule has 1 heterocycles. The maximum atomic E-state index is 10.7. The molecule has 0 spiro atoms. The Hall–Kier alpha value is -2.21. The molecule has 1 aromatic heterocycles. The first-order chi connectivity index (χ1) is 5.65. The summed E-state index contributed by atoms with van der Waals surface area (Å²) in [6.07, 6.45) is 0.981. The van der Waals surface area contributed by atoms with Crippen LogP contribution in [0.1, 0.15) is 0 Å².